The van der Waals surface area contributed by atoms with Crippen LogP contribution in [0, 0.1) is 0 Å². The summed E-state index contributed by atoms with van der Waals surface area (Å²) >= 11 is 0. The fourth-order valence-electron chi connectivity index (χ4n) is 2.89. The molecule has 0 atom stereocenters. The smallest absolute Gasteiger partial charge is 0.272 e. The average Bonchev–Trinajstić information content (AvgIpc) is 2.67. The summed E-state index contributed by atoms with van der Waals surface area (Å²) in [7, 11) is 3.18. The van der Waals surface area contributed by atoms with Crippen LogP contribution in [0.15, 0.2) is 54.2 Å². The fourth-order valence-corrected chi connectivity index (χ4v) is 2.89. The molecule has 0 fully saturated rings. The molecule has 0 bridgehead atoms. The molecule has 2 aromatic carbocycles. The second-order valence-corrected chi connectivity index (χ2v) is 5.82. The van der Waals surface area contributed by atoms with Gasteiger partial charge in [-0.05, 0) is 30.3 Å². The van der Waals surface area contributed by atoms with E-state index in [-0.39, 0.29) is 5.91 Å². The first-order valence-electron chi connectivity index (χ1n) is 8.10. The second kappa shape index (κ2) is 6.40. The molecule has 2 heterocycles. The minimum Gasteiger partial charge on any atom is -0.493 e. The Morgan fingerprint density at radius 1 is 0.923 bits per heavy atom. The number of amides is 1. The topological polar surface area (TPSA) is 72.5 Å². The van der Waals surface area contributed by atoms with Crippen LogP contribution in [0.1, 0.15) is 5.69 Å². The third kappa shape index (κ3) is 2.82. The van der Waals surface area contributed by atoms with Crippen molar-refractivity contribution in [1.82, 2.24) is 4.98 Å². The summed E-state index contributed by atoms with van der Waals surface area (Å²) in [6, 6.07) is 15.0. The van der Waals surface area contributed by atoms with E-state index in [9.17, 15) is 4.79 Å². The highest BCUT2D eigenvalue weighted by atomic mass is 16.5. The zero-order chi connectivity index (χ0) is 18.1. The first-order chi connectivity index (χ1) is 12.7. The molecule has 3 aromatic rings. The number of benzene rings is 2. The largest absolute Gasteiger partial charge is 0.493 e. The summed E-state index contributed by atoms with van der Waals surface area (Å²) in [5.74, 6) is 1.07. The van der Waals surface area contributed by atoms with Gasteiger partial charge in [0, 0.05) is 11.5 Å². The van der Waals surface area contributed by atoms with E-state index in [1.165, 1.54) is 0 Å². The van der Waals surface area contributed by atoms with Gasteiger partial charge in [-0.3, -0.25) is 4.79 Å². The molecule has 4 rings (SSSR count). The maximum atomic E-state index is 12.3. The van der Waals surface area contributed by atoms with Crippen molar-refractivity contribution in [3.63, 3.8) is 0 Å². The van der Waals surface area contributed by atoms with Gasteiger partial charge in [0.15, 0.2) is 11.5 Å². The van der Waals surface area contributed by atoms with Crippen molar-refractivity contribution >= 4 is 34.3 Å². The Labute approximate surface area is 150 Å². The second-order valence-electron chi connectivity index (χ2n) is 5.82. The normalized spacial score (nSPS) is 14.5. The van der Waals surface area contributed by atoms with Gasteiger partial charge in [-0.15, -0.1) is 0 Å². The first kappa shape index (κ1) is 16.0. The van der Waals surface area contributed by atoms with Crippen LogP contribution in [0.3, 0.4) is 0 Å². The van der Waals surface area contributed by atoms with Gasteiger partial charge < -0.3 is 20.1 Å². The number of nitrogens with zero attached hydrogens (tertiary/aromatic N) is 1. The van der Waals surface area contributed by atoms with E-state index < -0.39 is 0 Å². The van der Waals surface area contributed by atoms with Crippen molar-refractivity contribution < 1.29 is 14.3 Å². The Kier molecular flexibility index (Phi) is 3.93. The number of carbonyl (C=O) groups is 1. The molecule has 0 unspecified atom stereocenters. The summed E-state index contributed by atoms with van der Waals surface area (Å²) in [6.07, 6.45) is 1.72. The Balaban J connectivity index is 1.73. The predicted octanol–water partition coefficient (Wildman–Crippen LogP) is 3.66. The Morgan fingerprint density at radius 2 is 1.62 bits per heavy atom. The Hall–Kier alpha value is -3.54. The van der Waals surface area contributed by atoms with Crippen molar-refractivity contribution in [3.05, 3.63) is 59.9 Å². The van der Waals surface area contributed by atoms with E-state index in [4.69, 9.17) is 9.47 Å². The van der Waals surface area contributed by atoms with Gasteiger partial charge in [0.05, 0.1) is 36.8 Å². The molecule has 6 heteroatoms. The minimum atomic E-state index is -0.196. The lowest BCUT2D eigenvalue weighted by Crippen LogP contribution is -2.25. The van der Waals surface area contributed by atoms with Gasteiger partial charge in [-0.1, -0.05) is 18.2 Å². The molecule has 6 nitrogen and oxygen atoms in total. The molecule has 26 heavy (non-hydrogen) atoms. The van der Waals surface area contributed by atoms with Crippen molar-refractivity contribution in [2.24, 2.45) is 0 Å². The van der Waals surface area contributed by atoms with Gasteiger partial charge in [0.2, 0.25) is 0 Å². The molecule has 0 radical (unpaired) electrons. The van der Waals surface area contributed by atoms with Crippen molar-refractivity contribution in [1.29, 1.82) is 0 Å². The number of nitrogens with one attached hydrogen (secondary N) is 2. The van der Waals surface area contributed by atoms with E-state index in [1.807, 2.05) is 48.5 Å². The van der Waals surface area contributed by atoms with Crippen molar-refractivity contribution in [3.8, 4) is 11.5 Å². The molecule has 130 valence electrons. The van der Waals surface area contributed by atoms with Crippen LogP contribution in [-0.2, 0) is 4.79 Å². The van der Waals surface area contributed by atoms with Gasteiger partial charge in [-0.25, -0.2) is 4.98 Å². The number of carbonyl (C=O) groups excluding carboxylic acids is 1. The Morgan fingerprint density at radius 3 is 2.35 bits per heavy atom. The summed E-state index contributed by atoms with van der Waals surface area (Å²) in [6.45, 7) is 0. The first-order valence-corrected chi connectivity index (χ1v) is 8.10. The molecule has 0 aliphatic carbocycles. The van der Waals surface area contributed by atoms with E-state index >= 15 is 0 Å². The van der Waals surface area contributed by atoms with Crippen LogP contribution in [0.25, 0.3) is 17.0 Å². The number of para-hydroxylation sites is 2. The van der Waals surface area contributed by atoms with Gasteiger partial charge in [0.25, 0.3) is 5.91 Å². The molecule has 1 amide bonds. The zero-order valence-electron chi connectivity index (χ0n) is 14.4. The van der Waals surface area contributed by atoms with Crippen LogP contribution in [0.4, 0.5) is 11.4 Å². The molecule has 1 aliphatic rings. The summed E-state index contributed by atoms with van der Waals surface area (Å²) in [5, 5.41) is 6.94. The maximum Gasteiger partial charge on any atom is 0.272 e. The molecule has 1 aromatic heterocycles. The van der Waals surface area contributed by atoms with Crippen LogP contribution < -0.4 is 20.1 Å². The predicted molar refractivity (Wildman–Crippen MR) is 102 cm³/mol. The standard InChI is InChI=1S/C20H17N3O3/c1-25-18-9-12-7-8-13(21-16(12)11-19(18)26-2)10-17-20(24)23-15-6-4-3-5-14(15)22-17/h3-11,22H,1-2H3,(H,23,24)/b17-10-. The monoisotopic (exact) mass is 347 g/mol. The van der Waals surface area contributed by atoms with E-state index in [0.717, 1.165) is 22.3 Å². The zero-order valence-corrected chi connectivity index (χ0v) is 14.4. The molecule has 0 saturated heterocycles. The lowest BCUT2D eigenvalue weighted by atomic mass is 10.1. The highest BCUT2D eigenvalue weighted by Crippen LogP contribution is 2.32. The van der Waals surface area contributed by atoms with Gasteiger partial charge >= 0.3 is 0 Å². The third-order valence-electron chi connectivity index (χ3n) is 4.20. The number of pyridine rings is 1. The number of anilines is 2. The van der Waals surface area contributed by atoms with Crippen LogP contribution >= 0.6 is 0 Å². The molecule has 0 spiro atoms. The molecular formula is C20H17N3O3. The summed E-state index contributed by atoms with van der Waals surface area (Å²) in [4.78, 5) is 16.9. The summed E-state index contributed by atoms with van der Waals surface area (Å²) < 4.78 is 10.6. The average molecular weight is 347 g/mol. The van der Waals surface area contributed by atoms with E-state index in [2.05, 4.69) is 15.6 Å². The number of fused-ring (bicyclic) bond motifs is 2. The van der Waals surface area contributed by atoms with Crippen molar-refractivity contribution in [2.45, 2.75) is 0 Å². The van der Waals surface area contributed by atoms with Crippen LogP contribution in [0.5, 0.6) is 11.5 Å². The highest BCUT2D eigenvalue weighted by Gasteiger charge is 2.19. The lowest BCUT2D eigenvalue weighted by molar-refractivity contribution is -0.112. The third-order valence-corrected chi connectivity index (χ3v) is 4.20. The number of methoxy groups -OCH3 is 2. The summed E-state index contributed by atoms with van der Waals surface area (Å²) in [5.41, 5.74) is 3.48. The lowest BCUT2D eigenvalue weighted by Gasteiger charge is -2.20. The molecule has 1 aliphatic heterocycles. The number of ether oxygens (including phenoxy) is 2. The number of aromatic nitrogens is 1. The highest BCUT2D eigenvalue weighted by molar-refractivity contribution is 6.13. The molecule has 2 N–H and O–H groups in total. The fraction of sp³-hybridized carbons (Fsp3) is 0.100. The van der Waals surface area contributed by atoms with Gasteiger partial charge in [-0.2, -0.15) is 0 Å². The van der Waals surface area contributed by atoms with E-state index in [0.29, 0.717) is 22.9 Å². The number of rotatable bonds is 3. The quantitative estimate of drug-likeness (QED) is 0.708. The number of hydrogen-bond acceptors (Lipinski definition) is 5. The molecular weight excluding hydrogens is 330 g/mol. The van der Waals surface area contributed by atoms with E-state index in [1.54, 1.807) is 20.3 Å². The maximum absolute atomic E-state index is 12.3. The Bertz CT molecular complexity index is 1040. The molecule has 0 saturated carbocycles. The van der Waals surface area contributed by atoms with Crippen molar-refractivity contribution in [2.75, 3.05) is 24.9 Å². The van der Waals surface area contributed by atoms with Crippen LogP contribution in [-0.4, -0.2) is 25.1 Å². The SMILES string of the molecule is COc1cc2ccc(/C=C3\Nc4ccccc4NC3=O)nc2cc1OC. The van der Waals surface area contributed by atoms with Gasteiger partial charge in [0.1, 0.15) is 5.70 Å². The van der Waals surface area contributed by atoms with Crippen LogP contribution in [0.2, 0.25) is 0 Å². The minimum absolute atomic E-state index is 0.196. The number of hydrogen-bond donors (Lipinski definition) is 2.